The summed E-state index contributed by atoms with van der Waals surface area (Å²) in [7, 11) is 0. The number of rotatable bonds is 1. The Morgan fingerprint density at radius 3 is 2.93 bits per heavy atom. The Morgan fingerprint density at radius 2 is 2.27 bits per heavy atom. The third kappa shape index (κ3) is 1.36. The van der Waals surface area contributed by atoms with Crippen LogP contribution in [0, 0.1) is 0 Å². The van der Waals surface area contributed by atoms with E-state index in [4.69, 9.17) is 11.6 Å². The van der Waals surface area contributed by atoms with Gasteiger partial charge in [-0.3, -0.25) is 0 Å². The average molecular weight is 289 g/mol. The molecule has 0 unspecified atom stereocenters. The Morgan fingerprint density at radius 1 is 1.47 bits per heavy atom. The summed E-state index contributed by atoms with van der Waals surface area (Å²) in [6, 6.07) is 0.366. The normalized spacial score (nSPS) is 16.9. The summed E-state index contributed by atoms with van der Waals surface area (Å²) in [6.45, 7) is 1.84. The molecule has 1 saturated heterocycles. The quantitative estimate of drug-likeness (QED) is 0.806. The molecule has 0 amide bonds. The third-order valence-corrected chi connectivity index (χ3v) is 3.35. The van der Waals surface area contributed by atoms with Crippen molar-refractivity contribution in [3.05, 3.63) is 16.1 Å². The van der Waals surface area contributed by atoms with Crippen molar-refractivity contribution in [1.29, 1.82) is 0 Å². The van der Waals surface area contributed by atoms with Gasteiger partial charge in [0.1, 0.15) is 16.1 Å². The molecule has 15 heavy (non-hydrogen) atoms. The monoisotopic (exact) mass is 287 g/mol. The highest BCUT2D eigenvalue weighted by molar-refractivity contribution is 9.10. The van der Waals surface area contributed by atoms with Crippen LogP contribution in [-0.4, -0.2) is 32.8 Å². The van der Waals surface area contributed by atoms with E-state index in [0.29, 0.717) is 15.8 Å². The van der Waals surface area contributed by atoms with E-state index in [9.17, 15) is 0 Å². The van der Waals surface area contributed by atoms with Gasteiger partial charge in [-0.2, -0.15) is 5.10 Å². The third-order valence-electron chi connectivity index (χ3n) is 2.51. The van der Waals surface area contributed by atoms with E-state index in [2.05, 4.69) is 36.3 Å². The molecule has 0 atom stereocenters. The van der Waals surface area contributed by atoms with Gasteiger partial charge in [0, 0.05) is 13.1 Å². The van der Waals surface area contributed by atoms with Crippen LogP contribution < -0.4 is 5.32 Å². The first-order valence-electron chi connectivity index (χ1n) is 4.52. The minimum Gasteiger partial charge on any atom is -0.312 e. The summed E-state index contributed by atoms with van der Waals surface area (Å²) in [5.74, 6) is 0. The molecule has 2 aromatic heterocycles. The maximum Gasteiger partial charge on any atom is 0.164 e. The van der Waals surface area contributed by atoms with Crippen molar-refractivity contribution in [1.82, 2.24) is 25.1 Å². The van der Waals surface area contributed by atoms with Crippen molar-refractivity contribution in [2.75, 3.05) is 13.1 Å². The molecule has 0 aliphatic carbocycles. The predicted octanol–water partition coefficient (Wildman–Crippen LogP) is 1.39. The van der Waals surface area contributed by atoms with E-state index < -0.39 is 0 Å². The van der Waals surface area contributed by atoms with Crippen LogP contribution in [-0.2, 0) is 0 Å². The Labute approximate surface area is 99.0 Å². The highest BCUT2D eigenvalue weighted by atomic mass is 79.9. The molecule has 3 heterocycles. The average Bonchev–Trinajstić information content (AvgIpc) is 2.43. The largest absolute Gasteiger partial charge is 0.312 e. The number of aromatic nitrogens is 4. The Hall–Kier alpha value is -0.720. The molecule has 1 aliphatic rings. The van der Waals surface area contributed by atoms with Crippen LogP contribution in [0.5, 0.6) is 0 Å². The van der Waals surface area contributed by atoms with Crippen molar-refractivity contribution in [2.45, 2.75) is 6.04 Å². The van der Waals surface area contributed by atoms with Crippen molar-refractivity contribution in [3.8, 4) is 0 Å². The molecule has 78 valence electrons. The van der Waals surface area contributed by atoms with Crippen molar-refractivity contribution in [2.24, 2.45) is 0 Å². The van der Waals surface area contributed by atoms with Gasteiger partial charge in [-0.05, 0) is 15.9 Å². The summed E-state index contributed by atoms with van der Waals surface area (Å²) in [5.41, 5.74) is 0.786. The van der Waals surface area contributed by atoms with E-state index in [-0.39, 0.29) is 0 Å². The predicted molar refractivity (Wildman–Crippen MR) is 59.9 cm³/mol. The number of halogens is 2. The van der Waals surface area contributed by atoms with E-state index in [1.807, 2.05) is 4.68 Å². The van der Waals surface area contributed by atoms with Crippen LogP contribution in [0.3, 0.4) is 0 Å². The summed E-state index contributed by atoms with van der Waals surface area (Å²) >= 11 is 9.36. The molecule has 1 N–H and O–H groups in total. The molecular formula is C8H7BrClN5. The molecule has 7 heteroatoms. The van der Waals surface area contributed by atoms with E-state index in [1.54, 1.807) is 0 Å². The van der Waals surface area contributed by atoms with Gasteiger partial charge in [0.2, 0.25) is 0 Å². The molecule has 1 aliphatic heterocycles. The molecule has 3 rings (SSSR count). The van der Waals surface area contributed by atoms with Gasteiger partial charge in [-0.25, -0.2) is 14.6 Å². The van der Waals surface area contributed by atoms with Gasteiger partial charge in [0.15, 0.2) is 5.65 Å². The second-order valence-corrected chi connectivity index (χ2v) is 4.52. The first-order valence-corrected chi connectivity index (χ1v) is 5.69. The lowest BCUT2D eigenvalue weighted by molar-refractivity contribution is 0.324. The first-order chi connectivity index (χ1) is 7.27. The van der Waals surface area contributed by atoms with Crippen LogP contribution in [0.4, 0.5) is 0 Å². The first kappa shape index (κ1) is 9.50. The SMILES string of the molecule is Clc1ncnc2c1c(Br)nn2C1CNC1. The topological polar surface area (TPSA) is 55.6 Å². The highest BCUT2D eigenvalue weighted by Crippen LogP contribution is 2.29. The minimum absolute atomic E-state index is 0.366. The molecule has 1 fully saturated rings. The van der Waals surface area contributed by atoms with Crippen molar-refractivity contribution < 1.29 is 0 Å². The van der Waals surface area contributed by atoms with E-state index >= 15 is 0 Å². The number of nitrogens with zero attached hydrogens (tertiary/aromatic N) is 4. The molecule has 0 saturated carbocycles. The zero-order valence-electron chi connectivity index (χ0n) is 7.61. The number of hydrogen-bond acceptors (Lipinski definition) is 4. The summed E-state index contributed by atoms with van der Waals surface area (Å²) < 4.78 is 2.60. The standard InChI is InChI=1S/C8H7BrClN5/c9-6-5-7(10)12-3-13-8(5)15(14-6)4-1-11-2-4/h3-4,11H,1-2H2. The summed E-state index contributed by atoms with van der Waals surface area (Å²) in [6.07, 6.45) is 1.46. The minimum atomic E-state index is 0.366. The zero-order chi connectivity index (χ0) is 10.4. The summed E-state index contributed by atoms with van der Waals surface area (Å²) in [4.78, 5) is 8.15. The van der Waals surface area contributed by atoms with Gasteiger partial charge < -0.3 is 5.32 Å². The molecular weight excluding hydrogens is 281 g/mol. The van der Waals surface area contributed by atoms with Gasteiger partial charge in [-0.15, -0.1) is 0 Å². The van der Waals surface area contributed by atoms with Crippen LogP contribution in [0.15, 0.2) is 10.9 Å². The fraction of sp³-hybridized carbons (Fsp3) is 0.375. The van der Waals surface area contributed by atoms with Crippen molar-refractivity contribution in [3.63, 3.8) is 0 Å². The maximum atomic E-state index is 5.99. The van der Waals surface area contributed by atoms with Gasteiger partial charge in [0.05, 0.1) is 11.4 Å². The smallest absolute Gasteiger partial charge is 0.164 e. The van der Waals surface area contributed by atoms with Crippen LogP contribution >= 0.6 is 27.5 Å². The van der Waals surface area contributed by atoms with Gasteiger partial charge in [-0.1, -0.05) is 11.6 Å². The van der Waals surface area contributed by atoms with Gasteiger partial charge in [0.25, 0.3) is 0 Å². The van der Waals surface area contributed by atoms with E-state index in [0.717, 1.165) is 24.1 Å². The lowest BCUT2D eigenvalue weighted by Crippen LogP contribution is -2.43. The fourth-order valence-electron chi connectivity index (χ4n) is 1.60. The van der Waals surface area contributed by atoms with Crippen molar-refractivity contribution >= 4 is 38.6 Å². The Bertz CT molecular complexity index is 521. The highest BCUT2D eigenvalue weighted by Gasteiger charge is 2.24. The number of fused-ring (bicyclic) bond motifs is 1. The van der Waals surface area contributed by atoms with E-state index in [1.165, 1.54) is 6.33 Å². The van der Waals surface area contributed by atoms with Crippen LogP contribution in [0.2, 0.25) is 5.15 Å². The molecule has 0 aromatic carbocycles. The Balaban J connectivity index is 2.27. The summed E-state index contributed by atoms with van der Waals surface area (Å²) in [5, 5.41) is 8.79. The zero-order valence-corrected chi connectivity index (χ0v) is 9.96. The molecule has 0 spiro atoms. The second-order valence-electron chi connectivity index (χ2n) is 3.41. The lowest BCUT2D eigenvalue weighted by Gasteiger charge is -2.27. The second kappa shape index (κ2) is 3.40. The molecule has 0 bridgehead atoms. The molecule has 2 aromatic rings. The van der Waals surface area contributed by atoms with Crippen LogP contribution in [0.25, 0.3) is 11.0 Å². The number of hydrogen-bond donors (Lipinski definition) is 1. The molecule has 0 radical (unpaired) electrons. The number of nitrogens with one attached hydrogen (secondary N) is 1. The molecule has 5 nitrogen and oxygen atoms in total. The fourth-order valence-corrected chi connectivity index (χ4v) is 2.47. The van der Waals surface area contributed by atoms with Crippen LogP contribution in [0.1, 0.15) is 6.04 Å². The maximum absolute atomic E-state index is 5.99. The lowest BCUT2D eigenvalue weighted by atomic mass is 10.2. The van der Waals surface area contributed by atoms with Gasteiger partial charge >= 0.3 is 0 Å². The Kier molecular flexibility index (Phi) is 2.15.